The Kier molecular flexibility index (Phi) is 4.65. The maximum Gasteiger partial charge on any atom is 0.285 e. The summed E-state index contributed by atoms with van der Waals surface area (Å²) in [7, 11) is 0. The summed E-state index contributed by atoms with van der Waals surface area (Å²) in [5.41, 5.74) is 0.423. The number of hydrogen-bond donors (Lipinski definition) is 2. The fraction of sp³-hybridized carbons (Fsp3) is 0.462. The van der Waals surface area contributed by atoms with E-state index in [9.17, 15) is 14.9 Å². The van der Waals surface area contributed by atoms with Gasteiger partial charge in [-0.05, 0) is 13.0 Å². The molecular formula is C13H17N3O4. The van der Waals surface area contributed by atoms with Crippen molar-refractivity contribution in [1.29, 1.82) is 0 Å². The first-order chi connectivity index (χ1) is 9.59. The van der Waals surface area contributed by atoms with Gasteiger partial charge in [0.2, 0.25) is 0 Å². The van der Waals surface area contributed by atoms with Crippen LogP contribution in [0.3, 0.4) is 0 Å². The van der Waals surface area contributed by atoms with Crippen LogP contribution >= 0.6 is 0 Å². The molecule has 7 heteroatoms. The van der Waals surface area contributed by atoms with Gasteiger partial charge >= 0.3 is 0 Å². The second-order valence-corrected chi connectivity index (χ2v) is 4.66. The molecule has 0 radical (unpaired) electrons. The molecule has 0 aliphatic carbocycles. The van der Waals surface area contributed by atoms with E-state index in [4.69, 9.17) is 4.74 Å². The first-order valence-corrected chi connectivity index (χ1v) is 6.43. The number of benzene rings is 1. The Bertz CT molecular complexity index is 512. The molecule has 0 aromatic heterocycles. The van der Waals surface area contributed by atoms with E-state index in [2.05, 4.69) is 10.6 Å². The highest BCUT2D eigenvalue weighted by Gasteiger charge is 2.23. The van der Waals surface area contributed by atoms with E-state index in [1.807, 2.05) is 0 Å². The molecule has 1 aliphatic rings. The number of carbonyl (C=O) groups is 1. The number of nitrogens with one attached hydrogen (secondary N) is 2. The Morgan fingerprint density at radius 3 is 3.05 bits per heavy atom. The van der Waals surface area contributed by atoms with Crippen LogP contribution in [0.2, 0.25) is 0 Å². The first-order valence-electron chi connectivity index (χ1n) is 6.43. The minimum absolute atomic E-state index is 0.0385. The highest BCUT2D eigenvalue weighted by molar-refractivity contribution is 5.98. The molecule has 1 heterocycles. The summed E-state index contributed by atoms with van der Waals surface area (Å²) in [6.45, 7) is 3.92. The molecule has 1 unspecified atom stereocenters. The average Bonchev–Trinajstić information content (AvgIpc) is 2.45. The van der Waals surface area contributed by atoms with Crippen molar-refractivity contribution >= 4 is 11.6 Å². The third-order valence-corrected chi connectivity index (χ3v) is 3.17. The van der Waals surface area contributed by atoms with Gasteiger partial charge < -0.3 is 15.4 Å². The van der Waals surface area contributed by atoms with Crippen LogP contribution in [0.25, 0.3) is 0 Å². The zero-order valence-electron chi connectivity index (χ0n) is 11.2. The molecule has 1 atom stereocenters. The third kappa shape index (κ3) is 3.31. The molecule has 1 amide bonds. The van der Waals surface area contributed by atoms with Gasteiger partial charge in [-0.2, -0.15) is 0 Å². The lowest BCUT2D eigenvalue weighted by atomic mass is 10.1. The van der Waals surface area contributed by atoms with Crippen molar-refractivity contribution in [1.82, 2.24) is 10.6 Å². The van der Waals surface area contributed by atoms with Gasteiger partial charge in [0.1, 0.15) is 5.56 Å². The highest BCUT2D eigenvalue weighted by Crippen LogP contribution is 2.22. The van der Waals surface area contributed by atoms with E-state index in [1.54, 1.807) is 19.1 Å². The Morgan fingerprint density at radius 1 is 1.60 bits per heavy atom. The zero-order chi connectivity index (χ0) is 14.5. The monoisotopic (exact) mass is 279 g/mol. The number of nitrogens with zero attached hydrogens (tertiary/aromatic N) is 1. The number of amides is 1. The molecule has 2 N–H and O–H groups in total. The van der Waals surface area contributed by atoms with Crippen molar-refractivity contribution in [3.05, 3.63) is 39.4 Å². The predicted molar refractivity (Wildman–Crippen MR) is 72.8 cm³/mol. The lowest BCUT2D eigenvalue weighted by molar-refractivity contribution is -0.385. The maximum absolute atomic E-state index is 12.1. The molecule has 108 valence electrons. The predicted octanol–water partition coefficient (Wildman–Crippen LogP) is 0.621. The zero-order valence-corrected chi connectivity index (χ0v) is 11.2. The van der Waals surface area contributed by atoms with Gasteiger partial charge in [0, 0.05) is 24.7 Å². The molecule has 0 spiro atoms. The van der Waals surface area contributed by atoms with E-state index < -0.39 is 10.8 Å². The number of rotatable bonds is 4. The number of nitro benzene ring substituents is 1. The average molecular weight is 279 g/mol. The highest BCUT2D eigenvalue weighted by atomic mass is 16.6. The van der Waals surface area contributed by atoms with Crippen LogP contribution in [0.1, 0.15) is 15.9 Å². The molecule has 1 aliphatic heterocycles. The second-order valence-electron chi connectivity index (χ2n) is 4.66. The summed E-state index contributed by atoms with van der Waals surface area (Å²) in [5, 5.41) is 17.0. The van der Waals surface area contributed by atoms with Crippen LogP contribution in [-0.4, -0.2) is 43.2 Å². The topological polar surface area (TPSA) is 93.5 Å². The van der Waals surface area contributed by atoms with Crippen LogP contribution < -0.4 is 10.6 Å². The summed E-state index contributed by atoms with van der Waals surface area (Å²) >= 11 is 0. The minimum atomic E-state index is -0.522. The number of para-hydroxylation sites is 1. The molecule has 1 saturated heterocycles. The van der Waals surface area contributed by atoms with Crippen LogP contribution in [0.4, 0.5) is 5.69 Å². The largest absolute Gasteiger partial charge is 0.378 e. The summed E-state index contributed by atoms with van der Waals surface area (Å²) in [4.78, 5) is 22.6. The van der Waals surface area contributed by atoms with Gasteiger partial charge in [-0.1, -0.05) is 12.1 Å². The van der Waals surface area contributed by atoms with Gasteiger partial charge in [0.15, 0.2) is 0 Å². The van der Waals surface area contributed by atoms with Crippen molar-refractivity contribution < 1.29 is 14.5 Å². The fourth-order valence-electron chi connectivity index (χ4n) is 2.15. The number of ether oxygens (including phenoxy) is 1. The van der Waals surface area contributed by atoms with Crippen molar-refractivity contribution in [2.75, 3.05) is 26.3 Å². The maximum atomic E-state index is 12.1. The van der Waals surface area contributed by atoms with Crippen molar-refractivity contribution in [2.24, 2.45) is 0 Å². The second kappa shape index (κ2) is 6.44. The molecule has 1 aromatic carbocycles. The quantitative estimate of drug-likeness (QED) is 0.622. The Hall–Kier alpha value is -1.99. The van der Waals surface area contributed by atoms with Crippen LogP contribution in [0.15, 0.2) is 18.2 Å². The SMILES string of the molecule is Cc1cccc(C(=O)NCC2COCCN2)c1[N+](=O)[O-]. The third-order valence-electron chi connectivity index (χ3n) is 3.17. The van der Waals surface area contributed by atoms with E-state index >= 15 is 0 Å². The standard InChI is InChI=1S/C13H17N3O4/c1-9-3-2-4-11(12(9)16(18)19)13(17)15-7-10-8-20-6-5-14-10/h2-4,10,14H,5-8H2,1H3,(H,15,17). The molecule has 20 heavy (non-hydrogen) atoms. The molecular weight excluding hydrogens is 262 g/mol. The first kappa shape index (κ1) is 14.4. The van der Waals surface area contributed by atoms with Gasteiger partial charge in [-0.3, -0.25) is 14.9 Å². The van der Waals surface area contributed by atoms with Gasteiger partial charge in [0.05, 0.1) is 18.1 Å². The van der Waals surface area contributed by atoms with Gasteiger partial charge in [0.25, 0.3) is 11.6 Å². The van der Waals surface area contributed by atoms with Crippen molar-refractivity contribution in [3.8, 4) is 0 Å². The number of hydrogen-bond acceptors (Lipinski definition) is 5. The van der Waals surface area contributed by atoms with Crippen LogP contribution in [0, 0.1) is 17.0 Å². The molecule has 7 nitrogen and oxygen atoms in total. The number of nitro groups is 1. The lowest BCUT2D eigenvalue weighted by Crippen LogP contribution is -2.48. The molecule has 1 fully saturated rings. The fourth-order valence-corrected chi connectivity index (χ4v) is 2.15. The summed E-state index contributed by atoms with van der Waals surface area (Å²) in [6, 6.07) is 4.76. The lowest BCUT2D eigenvalue weighted by Gasteiger charge is -2.23. The Balaban J connectivity index is 2.05. The molecule has 2 rings (SSSR count). The van der Waals surface area contributed by atoms with Crippen molar-refractivity contribution in [3.63, 3.8) is 0 Å². The van der Waals surface area contributed by atoms with Crippen LogP contribution in [-0.2, 0) is 4.74 Å². The molecule has 0 saturated carbocycles. The summed E-state index contributed by atoms with van der Waals surface area (Å²) in [5.74, 6) is -0.437. The van der Waals surface area contributed by atoms with E-state index in [0.717, 1.165) is 6.54 Å². The van der Waals surface area contributed by atoms with Gasteiger partial charge in [-0.15, -0.1) is 0 Å². The van der Waals surface area contributed by atoms with Crippen molar-refractivity contribution in [2.45, 2.75) is 13.0 Å². The van der Waals surface area contributed by atoms with E-state index in [1.165, 1.54) is 6.07 Å². The molecule has 1 aromatic rings. The number of carbonyl (C=O) groups excluding carboxylic acids is 1. The Morgan fingerprint density at radius 2 is 2.40 bits per heavy atom. The Labute approximate surface area is 116 Å². The summed E-state index contributed by atoms with van der Waals surface area (Å²) < 4.78 is 5.28. The minimum Gasteiger partial charge on any atom is -0.378 e. The molecule has 0 bridgehead atoms. The number of morpholine rings is 1. The smallest absolute Gasteiger partial charge is 0.285 e. The van der Waals surface area contributed by atoms with E-state index in [0.29, 0.717) is 25.3 Å². The normalized spacial score (nSPS) is 18.6. The van der Waals surface area contributed by atoms with Crippen LogP contribution in [0.5, 0.6) is 0 Å². The van der Waals surface area contributed by atoms with Gasteiger partial charge in [-0.25, -0.2) is 0 Å². The van der Waals surface area contributed by atoms with E-state index in [-0.39, 0.29) is 17.3 Å². The number of aryl methyl sites for hydroxylation is 1. The summed E-state index contributed by atoms with van der Waals surface area (Å²) in [6.07, 6.45) is 0.